The highest BCUT2D eigenvalue weighted by molar-refractivity contribution is 7.86. The number of methoxy groups -OCH3 is 1. The van der Waals surface area contributed by atoms with Crippen molar-refractivity contribution in [1.82, 2.24) is 0 Å². The molecule has 7 nitrogen and oxygen atoms in total. The standard InChI is InChI=1S/C7H15NO6S/c1-4-5(15(10,11)12)7(2,13-3)6(9)14-8/h5H,4,8H2,1-3H3,(H,10,11,12). The molecule has 0 aromatic heterocycles. The first-order valence-electron chi connectivity index (χ1n) is 4.16. The van der Waals surface area contributed by atoms with Gasteiger partial charge in [-0.1, -0.05) is 6.92 Å². The Kier molecular flexibility index (Phi) is 4.65. The van der Waals surface area contributed by atoms with E-state index in [4.69, 9.17) is 9.29 Å². The Morgan fingerprint density at radius 3 is 2.27 bits per heavy atom. The number of hydrogen-bond acceptors (Lipinski definition) is 6. The van der Waals surface area contributed by atoms with E-state index in [1.54, 1.807) is 0 Å². The minimum Gasteiger partial charge on any atom is -0.371 e. The highest BCUT2D eigenvalue weighted by atomic mass is 32.2. The molecule has 0 aliphatic heterocycles. The van der Waals surface area contributed by atoms with Gasteiger partial charge in [0.2, 0.25) is 0 Å². The number of ether oxygens (including phenoxy) is 1. The topological polar surface area (TPSA) is 116 Å². The predicted molar refractivity (Wildman–Crippen MR) is 51.3 cm³/mol. The van der Waals surface area contributed by atoms with Crippen LogP contribution in [0.1, 0.15) is 20.3 Å². The first-order valence-corrected chi connectivity index (χ1v) is 5.67. The van der Waals surface area contributed by atoms with E-state index in [0.29, 0.717) is 0 Å². The predicted octanol–water partition coefficient (Wildman–Crippen LogP) is -0.525. The van der Waals surface area contributed by atoms with Crippen LogP contribution in [0.15, 0.2) is 0 Å². The van der Waals surface area contributed by atoms with Crippen LogP contribution in [-0.2, 0) is 24.5 Å². The lowest BCUT2D eigenvalue weighted by atomic mass is 10.00. The van der Waals surface area contributed by atoms with Crippen molar-refractivity contribution in [2.45, 2.75) is 31.1 Å². The van der Waals surface area contributed by atoms with E-state index in [1.807, 2.05) is 0 Å². The fourth-order valence-corrected chi connectivity index (χ4v) is 2.53. The van der Waals surface area contributed by atoms with Crippen LogP contribution in [0, 0.1) is 0 Å². The molecule has 0 radical (unpaired) electrons. The summed E-state index contributed by atoms with van der Waals surface area (Å²) in [7, 11) is -3.29. The lowest BCUT2D eigenvalue weighted by Gasteiger charge is -2.30. The van der Waals surface area contributed by atoms with Gasteiger partial charge in [0.25, 0.3) is 10.1 Å². The molecule has 0 rings (SSSR count). The molecule has 8 heteroatoms. The zero-order valence-corrected chi connectivity index (χ0v) is 9.58. The third-order valence-corrected chi connectivity index (χ3v) is 3.78. The molecule has 3 N–H and O–H groups in total. The summed E-state index contributed by atoms with van der Waals surface area (Å²) < 4.78 is 35.7. The number of nitrogens with two attached hydrogens (primary N) is 1. The highest BCUT2D eigenvalue weighted by Gasteiger charge is 2.48. The number of hydrogen-bond donors (Lipinski definition) is 2. The summed E-state index contributed by atoms with van der Waals surface area (Å²) in [5.41, 5.74) is -1.82. The van der Waals surface area contributed by atoms with Crippen LogP contribution in [0.4, 0.5) is 0 Å². The Balaban J connectivity index is 5.34. The normalized spacial score (nSPS) is 17.9. The lowest BCUT2D eigenvalue weighted by Crippen LogP contribution is -2.53. The van der Waals surface area contributed by atoms with E-state index in [1.165, 1.54) is 13.8 Å². The van der Waals surface area contributed by atoms with Crippen molar-refractivity contribution in [3.8, 4) is 0 Å². The van der Waals surface area contributed by atoms with Crippen molar-refractivity contribution < 1.29 is 27.3 Å². The lowest BCUT2D eigenvalue weighted by molar-refractivity contribution is -0.168. The molecule has 0 aromatic carbocycles. The molecule has 0 saturated heterocycles. The maximum absolute atomic E-state index is 11.3. The van der Waals surface area contributed by atoms with E-state index < -0.39 is 26.9 Å². The summed E-state index contributed by atoms with van der Waals surface area (Å²) in [5, 5.41) is -1.42. The summed E-state index contributed by atoms with van der Waals surface area (Å²) in [6, 6.07) is 0. The average molecular weight is 241 g/mol. The molecule has 15 heavy (non-hydrogen) atoms. The van der Waals surface area contributed by atoms with Crippen molar-refractivity contribution in [3.05, 3.63) is 0 Å². The van der Waals surface area contributed by atoms with Crippen LogP contribution in [0.5, 0.6) is 0 Å². The quantitative estimate of drug-likeness (QED) is 0.491. The van der Waals surface area contributed by atoms with E-state index in [2.05, 4.69) is 10.7 Å². The Hall–Kier alpha value is -0.700. The van der Waals surface area contributed by atoms with Crippen LogP contribution in [0.25, 0.3) is 0 Å². The first kappa shape index (κ1) is 14.3. The van der Waals surface area contributed by atoms with Crippen LogP contribution in [0.3, 0.4) is 0 Å². The third kappa shape index (κ3) is 2.88. The van der Waals surface area contributed by atoms with Gasteiger partial charge in [-0.05, 0) is 13.3 Å². The van der Waals surface area contributed by atoms with E-state index in [-0.39, 0.29) is 6.42 Å². The van der Waals surface area contributed by atoms with E-state index in [9.17, 15) is 13.2 Å². The zero-order chi connectivity index (χ0) is 12.3. The fourth-order valence-electron chi connectivity index (χ4n) is 1.35. The summed E-state index contributed by atoms with van der Waals surface area (Å²) in [5.74, 6) is 3.60. The molecule has 0 aromatic rings. The average Bonchev–Trinajstić information content (AvgIpc) is 2.14. The molecule has 2 unspecified atom stereocenters. The molecule has 0 saturated carbocycles. The fraction of sp³-hybridized carbons (Fsp3) is 0.857. The second-order valence-electron chi connectivity index (χ2n) is 3.13. The minimum absolute atomic E-state index is 0.0156. The monoisotopic (exact) mass is 241 g/mol. The van der Waals surface area contributed by atoms with Crippen LogP contribution >= 0.6 is 0 Å². The van der Waals surface area contributed by atoms with Crippen molar-refractivity contribution >= 4 is 16.1 Å². The molecule has 0 heterocycles. The maximum Gasteiger partial charge on any atom is 0.357 e. The number of carbonyl (C=O) groups is 1. The Bertz CT molecular complexity index is 326. The summed E-state index contributed by atoms with van der Waals surface area (Å²) in [4.78, 5) is 15.2. The second kappa shape index (κ2) is 4.88. The molecule has 0 aliphatic carbocycles. The third-order valence-electron chi connectivity index (χ3n) is 2.28. The largest absolute Gasteiger partial charge is 0.371 e. The van der Waals surface area contributed by atoms with Gasteiger partial charge in [-0.15, -0.1) is 0 Å². The minimum atomic E-state index is -4.42. The molecule has 0 bridgehead atoms. The zero-order valence-electron chi connectivity index (χ0n) is 8.76. The van der Waals surface area contributed by atoms with Crippen molar-refractivity contribution in [3.63, 3.8) is 0 Å². The van der Waals surface area contributed by atoms with Crippen molar-refractivity contribution in [2.24, 2.45) is 5.90 Å². The van der Waals surface area contributed by atoms with Crippen molar-refractivity contribution in [1.29, 1.82) is 0 Å². The molecule has 90 valence electrons. The van der Waals surface area contributed by atoms with Gasteiger partial charge in [0.1, 0.15) is 5.25 Å². The van der Waals surface area contributed by atoms with Gasteiger partial charge in [0, 0.05) is 7.11 Å². The first-order chi connectivity index (χ1) is 6.73. The van der Waals surface area contributed by atoms with Gasteiger partial charge in [-0.25, -0.2) is 4.79 Å². The molecule has 0 aliphatic rings. The molecule has 0 fully saturated rings. The Morgan fingerprint density at radius 1 is 1.60 bits per heavy atom. The van der Waals surface area contributed by atoms with Gasteiger partial charge < -0.3 is 9.57 Å². The maximum atomic E-state index is 11.3. The van der Waals surface area contributed by atoms with Gasteiger partial charge in [0.15, 0.2) is 5.60 Å². The summed E-state index contributed by atoms with van der Waals surface area (Å²) in [6.07, 6.45) is -0.0156. The Labute approximate surface area is 88.2 Å². The summed E-state index contributed by atoms with van der Waals surface area (Å²) in [6.45, 7) is 2.67. The smallest absolute Gasteiger partial charge is 0.357 e. The number of rotatable bonds is 5. The molecular formula is C7H15NO6S. The van der Waals surface area contributed by atoms with E-state index >= 15 is 0 Å². The summed E-state index contributed by atoms with van der Waals surface area (Å²) >= 11 is 0. The molecule has 2 atom stereocenters. The van der Waals surface area contributed by atoms with Crippen LogP contribution < -0.4 is 5.90 Å². The molecular weight excluding hydrogens is 226 g/mol. The number of carbonyl (C=O) groups excluding carboxylic acids is 1. The SMILES string of the molecule is CCC(C(C)(OC)C(=O)ON)S(=O)(=O)O. The van der Waals surface area contributed by atoms with Crippen molar-refractivity contribution in [2.75, 3.05) is 7.11 Å². The van der Waals surface area contributed by atoms with Gasteiger partial charge in [0.05, 0.1) is 0 Å². The van der Waals surface area contributed by atoms with Crippen LogP contribution in [-0.4, -0.2) is 36.9 Å². The van der Waals surface area contributed by atoms with Gasteiger partial charge >= 0.3 is 5.97 Å². The van der Waals surface area contributed by atoms with Crippen LogP contribution in [0.2, 0.25) is 0 Å². The second-order valence-corrected chi connectivity index (χ2v) is 4.73. The highest BCUT2D eigenvalue weighted by Crippen LogP contribution is 2.24. The molecule has 0 spiro atoms. The Morgan fingerprint density at radius 2 is 2.07 bits per heavy atom. The molecule has 0 amide bonds. The van der Waals surface area contributed by atoms with Gasteiger partial charge in [-0.3, -0.25) is 4.55 Å². The van der Waals surface area contributed by atoms with Gasteiger partial charge in [-0.2, -0.15) is 14.3 Å². The van der Waals surface area contributed by atoms with E-state index in [0.717, 1.165) is 7.11 Å².